The summed E-state index contributed by atoms with van der Waals surface area (Å²) in [6.45, 7) is 5.66. The Morgan fingerprint density at radius 2 is 1.77 bits per heavy atom. The van der Waals surface area contributed by atoms with Crippen molar-refractivity contribution in [1.82, 2.24) is 4.90 Å². The molecule has 0 saturated carbocycles. The number of hydrogen-bond acceptors (Lipinski definition) is 6. The van der Waals surface area contributed by atoms with Gasteiger partial charge < -0.3 is 15.4 Å². The zero-order valence-electron chi connectivity index (χ0n) is 22.0. The zero-order valence-corrected chi connectivity index (χ0v) is 22.0. The van der Waals surface area contributed by atoms with Gasteiger partial charge in [-0.05, 0) is 63.1 Å². The standard InChI is InChI=1S/C28H29F3N4O4/c1-5-13-39-25(37)23-17(2)35(21-8-6-7-20(14-21)28(29,30)31)26(38)34(16-22(36)27(3,4)33)24(23)19-11-9-18(15-32)10-12-19/h6-12,14,24H,5,13,16,33H2,1-4H3. The third kappa shape index (κ3) is 6.29. The topological polar surface area (TPSA) is 117 Å². The van der Waals surface area contributed by atoms with Gasteiger partial charge in [0.1, 0.15) is 0 Å². The van der Waals surface area contributed by atoms with Crippen molar-refractivity contribution in [1.29, 1.82) is 5.26 Å². The molecular formula is C28H29F3N4O4. The molecule has 0 radical (unpaired) electrons. The molecule has 2 aromatic carbocycles. The maximum absolute atomic E-state index is 14.0. The summed E-state index contributed by atoms with van der Waals surface area (Å²) in [6.07, 6.45) is -4.18. The Morgan fingerprint density at radius 1 is 1.13 bits per heavy atom. The Hall–Kier alpha value is -4.17. The average molecular weight is 543 g/mol. The van der Waals surface area contributed by atoms with Crippen molar-refractivity contribution in [2.45, 2.75) is 51.9 Å². The summed E-state index contributed by atoms with van der Waals surface area (Å²) in [7, 11) is 0. The molecule has 0 aliphatic carbocycles. The lowest BCUT2D eigenvalue weighted by molar-refractivity contribution is -0.140. The van der Waals surface area contributed by atoms with E-state index in [0.717, 1.165) is 28.0 Å². The van der Waals surface area contributed by atoms with Gasteiger partial charge in [0.25, 0.3) is 0 Å². The highest BCUT2D eigenvalue weighted by molar-refractivity contribution is 6.05. The number of esters is 1. The van der Waals surface area contributed by atoms with E-state index in [-0.39, 0.29) is 23.6 Å². The number of benzene rings is 2. The minimum Gasteiger partial charge on any atom is -0.462 e. The summed E-state index contributed by atoms with van der Waals surface area (Å²) in [5.41, 5.74) is 4.25. The summed E-state index contributed by atoms with van der Waals surface area (Å²) in [5.74, 6) is -1.34. The van der Waals surface area contributed by atoms with Crippen molar-refractivity contribution in [2.24, 2.45) is 5.73 Å². The second kappa shape index (κ2) is 11.3. The number of nitrogens with two attached hydrogens (primary N) is 1. The zero-order chi connectivity index (χ0) is 29.1. The van der Waals surface area contributed by atoms with Crippen molar-refractivity contribution in [3.8, 4) is 6.07 Å². The van der Waals surface area contributed by atoms with Gasteiger partial charge in [-0.15, -0.1) is 0 Å². The fraction of sp³-hybridized carbons (Fsp3) is 0.357. The number of amides is 2. The van der Waals surface area contributed by atoms with Gasteiger partial charge in [-0.3, -0.25) is 9.69 Å². The van der Waals surface area contributed by atoms with Crippen LogP contribution in [0.3, 0.4) is 0 Å². The normalized spacial score (nSPS) is 16.3. The predicted molar refractivity (Wildman–Crippen MR) is 137 cm³/mol. The predicted octanol–water partition coefficient (Wildman–Crippen LogP) is 5.09. The SMILES string of the molecule is CCCOC(=O)C1=C(C)N(c2cccc(C(F)(F)F)c2)C(=O)N(CC(=O)C(C)(C)N)C1c1ccc(C#N)cc1. The molecule has 2 aromatic rings. The lowest BCUT2D eigenvalue weighted by Crippen LogP contribution is -2.55. The number of rotatable bonds is 8. The lowest BCUT2D eigenvalue weighted by atomic mass is 9.90. The highest BCUT2D eigenvalue weighted by atomic mass is 19.4. The number of ether oxygens (including phenoxy) is 1. The molecule has 0 aromatic heterocycles. The number of hydrogen-bond donors (Lipinski definition) is 1. The van der Waals surface area contributed by atoms with E-state index in [1.165, 1.54) is 39.0 Å². The van der Waals surface area contributed by atoms with E-state index >= 15 is 0 Å². The number of nitriles is 1. The molecule has 2 N–H and O–H groups in total. The van der Waals surface area contributed by atoms with Gasteiger partial charge in [0, 0.05) is 5.70 Å². The first kappa shape index (κ1) is 29.4. The molecule has 206 valence electrons. The highest BCUT2D eigenvalue weighted by Gasteiger charge is 2.45. The van der Waals surface area contributed by atoms with Gasteiger partial charge in [0.2, 0.25) is 0 Å². The van der Waals surface area contributed by atoms with E-state index in [9.17, 15) is 32.8 Å². The molecule has 1 aliphatic heterocycles. The molecule has 1 heterocycles. The Labute approximate surface area is 224 Å². The van der Waals surface area contributed by atoms with Gasteiger partial charge in [-0.1, -0.05) is 25.1 Å². The van der Waals surface area contributed by atoms with Crippen LogP contribution in [0.15, 0.2) is 59.8 Å². The van der Waals surface area contributed by atoms with Crippen LogP contribution < -0.4 is 10.6 Å². The average Bonchev–Trinajstić information content (AvgIpc) is 2.87. The quantitative estimate of drug-likeness (QED) is 0.464. The van der Waals surface area contributed by atoms with E-state index < -0.39 is 47.6 Å². The van der Waals surface area contributed by atoms with Gasteiger partial charge in [0.05, 0.1) is 53.2 Å². The van der Waals surface area contributed by atoms with Gasteiger partial charge in [0.15, 0.2) is 5.78 Å². The molecule has 8 nitrogen and oxygen atoms in total. The molecule has 2 amide bonds. The van der Waals surface area contributed by atoms with Crippen LogP contribution in [-0.2, 0) is 20.5 Å². The summed E-state index contributed by atoms with van der Waals surface area (Å²) >= 11 is 0. The maximum Gasteiger partial charge on any atom is 0.416 e. The van der Waals surface area contributed by atoms with Crippen LogP contribution in [0.25, 0.3) is 0 Å². The molecule has 11 heteroatoms. The summed E-state index contributed by atoms with van der Waals surface area (Å²) in [6, 6.07) is 10.2. The van der Waals surface area contributed by atoms with Crippen LogP contribution in [0.5, 0.6) is 0 Å². The Bertz CT molecular complexity index is 1340. The maximum atomic E-state index is 14.0. The largest absolute Gasteiger partial charge is 0.462 e. The van der Waals surface area contributed by atoms with Crippen molar-refractivity contribution in [3.63, 3.8) is 0 Å². The molecule has 0 fully saturated rings. The first-order chi connectivity index (χ1) is 18.2. The monoisotopic (exact) mass is 542 g/mol. The minimum atomic E-state index is -4.68. The van der Waals surface area contributed by atoms with Crippen molar-refractivity contribution in [2.75, 3.05) is 18.1 Å². The molecule has 1 aliphatic rings. The second-order valence-corrected chi connectivity index (χ2v) is 9.71. The van der Waals surface area contributed by atoms with Gasteiger partial charge in [-0.25, -0.2) is 9.59 Å². The van der Waals surface area contributed by atoms with Crippen molar-refractivity contribution in [3.05, 3.63) is 76.5 Å². The number of nitrogens with zero attached hydrogens (tertiary/aromatic N) is 3. The van der Waals surface area contributed by atoms with E-state index in [1.807, 2.05) is 6.07 Å². The molecule has 0 bridgehead atoms. The van der Waals surface area contributed by atoms with Crippen LogP contribution in [0, 0.1) is 11.3 Å². The Morgan fingerprint density at radius 3 is 2.31 bits per heavy atom. The molecule has 0 spiro atoms. The smallest absolute Gasteiger partial charge is 0.416 e. The van der Waals surface area contributed by atoms with Crippen LogP contribution in [0.1, 0.15) is 56.8 Å². The minimum absolute atomic E-state index is 0.0344. The lowest BCUT2D eigenvalue weighted by Gasteiger charge is -2.43. The summed E-state index contributed by atoms with van der Waals surface area (Å²) in [5, 5.41) is 9.22. The number of Topliss-reactive ketones (excluding diaryl/α,β-unsaturated/α-hetero) is 1. The first-order valence-electron chi connectivity index (χ1n) is 12.2. The van der Waals surface area contributed by atoms with Gasteiger partial charge >= 0.3 is 18.2 Å². The van der Waals surface area contributed by atoms with Crippen LogP contribution in [0.2, 0.25) is 0 Å². The molecule has 1 unspecified atom stereocenters. The third-order valence-electron chi connectivity index (χ3n) is 6.22. The summed E-state index contributed by atoms with van der Waals surface area (Å²) < 4.78 is 46.0. The highest BCUT2D eigenvalue weighted by Crippen LogP contribution is 2.41. The molecule has 3 rings (SSSR count). The van der Waals surface area contributed by atoms with Crippen LogP contribution in [0.4, 0.5) is 23.7 Å². The number of halogens is 3. The third-order valence-corrected chi connectivity index (χ3v) is 6.22. The fourth-order valence-corrected chi connectivity index (χ4v) is 4.12. The summed E-state index contributed by atoms with van der Waals surface area (Å²) in [4.78, 5) is 42.5. The Kier molecular flexibility index (Phi) is 8.51. The number of allylic oxidation sites excluding steroid dienone is 1. The fourth-order valence-electron chi connectivity index (χ4n) is 4.12. The van der Waals surface area contributed by atoms with Crippen LogP contribution >= 0.6 is 0 Å². The molecule has 1 atom stereocenters. The number of ketones is 1. The molecule has 0 saturated heterocycles. The van der Waals surface area contributed by atoms with E-state index in [4.69, 9.17) is 10.5 Å². The van der Waals surface area contributed by atoms with E-state index in [0.29, 0.717) is 17.5 Å². The van der Waals surface area contributed by atoms with Crippen molar-refractivity contribution >= 4 is 23.5 Å². The Balaban J connectivity index is 2.30. The van der Waals surface area contributed by atoms with E-state index in [2.05, 4.69) is 0 Å². The van der Waals surface area contributed by atoms with Crippen LogP contribution in [-0.4, -0.2) is 41.4 Å². The first-order valence-corrected chi connectivity index (χ1v) is 12.2. The number of carbonyl (C=O) groups is 3. The number of alkyl halides is 3. The second-order valence-electron chi connectivity index (χ2n) is 9.71. The van der Waals surface area contributed by atoms with Gasteiger partial charge in [-0.2, -0.15) is 18.4 Å². The number of anilines is 1. The van der Waals surface area contributed by atoms with Crippen molar-refractivity contribution < 1.29 is 32.3 Å². The molecule has 39 heavy (non-hydrogen) atoms. The van der Waals surface area contributed by atoms with E-state index in [1.54, 1.807) is 19.1 Å². The molecular weight excluding hydrogens is 513 g/mol. The number of carbonyl (C=O) groups excluding carboxylic acids is 3. The number of urea groups is 1.